The van der Waals surface area contributed by atoms with Crippen molar-refractivity contribution in [3.8, 4) is 11.5 Å². The summed E-state index contributed by atoms with van der Waals surface area (Å²) in [5.74, 6) is 0.725. The van der Waals surface area contributed by atoms with E-state index in [0.29, 0.717) is 36.9 Å². The molecular formula is C15H18N2O4. The van der Waals surface area contributed by atoms with E-state index < -0.39 is 0 Å². The molecule has 0 spiro atoms. The van der Waals surface area contributed by atoms with Gasteiger partial charge in [-0.1, -0.05) is 6.58 Å². The number of ether oxygens (including phenoxy) is 2. The highest BCUT2D eigenvalue weighted by Gasteiger charge is 2.15. The van der Waals surface area contributed by atoms with Gasteiger partial charge >= 0.3 is 0 Å². The number of rotatable bonds is 5. The molecule has 0 aromatic heterocycles. The molecule has 1 aliphatic heterocycles. The van der Waals surface area contributed by atoms with Crippen molar-refractivity contribution in [2.75, 3.05) is 31.6 Å². The van der Waals surface area contributed by atoms with Crippen molar-refractivity contribution >= 4 is 17.5 Å². The Bertz CT molecular complexity index is 557. The van der Waals surface area contributed by atoms with Gasteiger partial charge in [-0.15, -0.1) is 0 Å². The number of hydrogen-bond donors (Lipinski definition) is 1. The summed E-state index contributed by atoms with van der Waals surface area (Å²) in [6.07, 6.45) is 1.20. The molecule has 112 valence electrons. The Morgan fingerprint density at radius 1 is 1.33 bits per heavy atom. The van der Waals surface area contributed by atoms with Crippen LogP contribution in [-0.4, -0.2) is 43.0 Å². The Morgan fingerprint density at radius 3 is 2.71 bits per heavy atom. The summed E-state index contributed by atoms with van der Waals surface area (Å²) in [7, 11) is 0. The van der Waals surface area contributed by atoms with Crippen LogP contribution in [0.5, 0.6) is 11.5 Å². The van der Waals surface area contributed by atoms with E-state index in [1.807, 2.05) is 0 Å². The van der Waals surface area contributed by atoms with Gasteiger partial charge in [-0.25, -0.2) is 0 Å². The van der Waals surface area contributed by atoms with Crippen LogP contribution in [0.3, 0.4) is 0 Å². The number of carbonyl (C=O) groups excluding carboxylic acids is 2. The minimum absolute atomic E-state index is 0.0181. The summed E-state index contributed by atoms with van der Waals surface area (Å²) in [5, 5.41) is 2.73. The van der Waals surface area contributed by atoms with E-state index in [1.165, 1.54) is 11.0 Å². The minimum atomic E-state index is -0.274. The molecule has 1 aromatic rings. The third-order valence-electron chi connectivity index (χ3n) is 3.03. The summed E-state index contributed by atoms with van der Waals surface area (Å²) in [5.41, 5.74) is 0.603. The van der Waals surface area contributed by atoms with Crippen LogP contribution in [0.4, 0.5) is 5.69 Å². The molecule has 0 fully saturated rings. The Balaban J connectivity index is 1.99. The van der Waals surface area contributed by atoms with Crippen molar-refractivity contribution in [3.63, 3.8) is 0 Å². The predicted molar refractivity (Wildman–Crippen MR) is 78.5 cm³/mol. The maximum absolute atomic E-state index is 12.0. The summed E-state index contributed by atoms with van der Waals surface area (Å²) in [4.78, 5) is 24.9. The highest BCUT2D eigenvalue weighted by Crippen LogP contribution is 2.32. The Kier molecular flexibility index (Phi) is 4.81. The zero-order valence-electron chi connectivity index (χ0n) is 11.9. The van der Waals surface area contributed by atoms with Crippen LogP contribution >= 0.6 is 0 Å². The van der Waals surface area contributed by atoms with Crippen LogP contribution in [0.25, 0.3) is 0 Å². The van der Waals surface area contributed by atoms with Crippen LogP contribution in [-0.2, 0) is 9.59 Å². The highest BCUT2D eigenvalue weighted by atomic mass is 16.6. The lowest BCUT2D eigenvalue weighted by atomic mass is 10.2. The standard InChI is InChI=1S/C15H18N2O4/c1-3-15(19)17(4-2)10-14(18)16-11-5-6-12-13(9-11)21-8-7-20-12/h3,5-6,9H,1,4,7-8,10H2,2H3,(H,16,18). The SMILES string of the molecule is C=CC(=O)N(CC)CC(=O)Nc1ccc2c(c1)OCCO2. The Morgan fingerprint density at radius 2 is 2.05 bits per heavy atom. The lowest BCUT2D eigenvalue weighted by molar-refractivity contribution is -0.130. The number of nitrogens with zero attached hydrogens (tertiary/aromatic N) is 1. The van der Waals surface area contributed by atoms with Crippen LogP contribution in [0.15, 0.2) is 30.9 Å². The van der Waals surface area contributed by atoms with Gasteiger partial charge < -0.3 is 19.7 Å². The fourth-order valence-corrected chi connectivity index (χ4v) is 1.97. The predicted octanol–water partition coefficient (Wildman–Crippen LogP) is 1.43. The molecule has 1 N–H and O–H groups in total. The third kappa shape index (κ3) is 3.75. The number of nitrogens with one attached hydrogen (secondary N) is 1. The molecule has 0 saturated carbocycles. The molecular weight excluding hydrogens is 272 g/mol. The van der Waals surface area contributed by atoms with Gasteiger partial charge in [0, 0.05) is 18.3 Å². The molecule has 2 amide bonds. The number of hydrogen-bond acceptors (Lipinski definition) is 4. The highest BCUT2D eigenvalue weighted by molar-refractivity contribution is 5.96. The molecule has 0 unspecified atom stereocenters. The first kappa shape index (κ1) is 14.9. The molecule has 0 radical (unpaired) electrons. The lowest BCUT2D eigenvalue weighted by Gasteiger charge is -2.20. The summed E-state index contributed by atoms with van der Waals surface area (Å²) < 4.78 is 10.9. The second-order valence-electron chi connectivity index (χ2n) is 4.46. The molecule has 0 saturated heterocycles. The zero-order valence-corrected chi connectivity index (χ0v) is 11.9. The van der Waals surface area contributed by atoms with Gasteiger partial charge in [0.05, 0.1) is 0 Å². The van der Waals surface area contributed by atoms with Crippen LogP contribution < -0.4 is 14.8 Å². The minimum Gasteiger partial charge on any atom is -0.486 e. The number of likely N-dealkylation sites (N-methyl/N-ethyl adjacent to an activating group) is 1. The molecule has 2 rings (SSSR count). The molecule has 1 heterocycles. The van der Waals surface area contributed by atoms with Gasteiger partial charge in [-0.05, 0) is 25.1 Å². The molecule has 6 nitrogen and oxygen atoms in total. The third-order valence-corrected chi connectivity index (χ3v) is 3.03. The average molecular weight is 290 g/mol. The van der Waals surface area contributed by atoms with Gasteiger partial charge in [0.2, 0.25) is 11.8 Å². The van der Waals surface area contributed by atoms with E-state index in [9.17, 15) is 9.59 Å². The number of fused-ring (bicyclic) bond motifs is 1. The normalized spacial score (nSPS) is 12.4. The Hall–Kier alpha value is -2.50. The van der Waals surface area contributed by atoms with E-state index >= 15 is 0 Å². The molecule has 21 heavy (non-hydrogen) atoms. The van der Waals surface area contributed by atoms with Gasteiger partial charge in [0.25, 0.3) is 0 Å². The molecule has 0 bridgehead atoms. The fourth-order valence-electron chi connectivity index (χ4n) is 1.97. The van der Waals surface area contributed by atoms with Gasteiger partial charge in [-0.3, -0.25) is 9.59 Å². The smallest absolute Gasteiger partial charge is 0.246 e. The van der Waals surface area contributed by atoms with Crippen molar-refractivity contribution in [1.29, 1.82) is 0 Å². The first-order valence-electron chi connectivity index (χ1n) is 6.75. The zero-order chi connectivity index (χ0) is 15.2. The monoisotopic (exact) mass is 290 g/mol. The van der Waals surface area contributed by atoms with Crippen molar-refractivity contribution in [2.45, 2.75) is 6.92 Å². The molecule has 0 atom stereocenters. The van der Waals surface area contributed by atoms with Crippen molar-refractivity contribution in [1.82, 2.24) is 4.90 Å². The number of anilines is 1. The Labute approximate surface area is 123 Å². The van der Waals surface area contributed by atoms with Crippen molar-refractivity contribution < 1.29 is 19.1 Å². The quantitative estimate of drug-likeness (QED) is 0.833. The first-order chi connectivity index (χ1) is 10.1. The maximum Gasteiger partial charge on any atom is 0.246 e. The van der Waals surface area contributed by atoms with E-state index in [0.717, 1.165) is 0 Å². The molecule has 6 heteroatoms. The molecule has 0 aliphatic carbocycles. The number of amides is 2. The summed E-state index contributed by atoms with van der Waals surface area (Å²) in [6, 6.07) is 5.19. The largest absolute Gasteiger partial charge is 0.486 e. The lowest BCUT2D eigenvalue weighted by Crippen LogP contribution is -2.36. The van der Waals surface area contributed by atoms with Crippen LogP contribution in [0.1, 0.15) is 6.92 Å². The van der Waals surface area contributed by atoms with E-state index in [2.05, 4.69) is 11.9 Å². The van der Waals surface area contributed by atoms with Crippen LogP contribution in [0.2, 0.25) is 0 Å². The second kappa shape index (κ2) is 6.78. The summed E-state index contributed by atoms with van der Waals surface area (Å²) >= 11 is 0. The molecule has 1 aromatic carbocycles. The van der Waals surface area contributed by atoms with Crippen molar-refractivity contribution in [2.24, 2.45) is 0 Å². The average Bonchev–Trinajstić information content (AvgIpc) is 2.51. The first-order valence-corrected chi connectivity index (χ1v) is 6.75. The van der Waals surface area contributed by atoms with Crippen molar-refractivity contribution in [3.05, 3.63) is 30.9 Å². The molecule has 1 aliphatic rings. The second-order valence-corrected chi connectivity index (χ2v) is 4.46. The number of benzene rings is 1. The van der Waals surface area contributed by atoms with Gasteiger partial charge in [-0.2, -0.15) is 0 Å². The van der Waals surface area contributed by atoms with Crippen LogP contribution in [0, 0.1) is 0 Å². The maximum atomic E-state index is 12.0. The number of carbonyl (C=O) groups is 2. The van der Waals surface area contributed by atoms with E-state index in [-0.39, 0.29) is 18.4 Å². The topological polar surface area (TPSA) is 67.9 Å². The summed E-state index contributed by atoms with van der Waals surface area (Å²) in [6.45, 7) is 6.66. The van der Waals surface area contributed by atoms with E-state index in [1.54, 1.807) is 25.1 Å². The van der Waals surface area contributed by atoms with E-state index in [4.69, 9.17) is 9.47 Å². The van der Waals surface area contributed by atoms with Gasteiger partial charge in [0.15, 0.2) is 11.5 Å². The van der Waals surface area contributed by atoms with Gasteiger partial charge in [0.1, 0.15) is 19.8 Å². The fraction of sp³-hybridized carbons (Fsp3) is 0.333.